The molecule has 1 aliphatic rings. The third kappa shape index (κ3) is 1.87. The van der Waals surface area contributed by atoms with Crippen molar-refractivity contribution >= 4 is 0 Å². The van der Waals surface area contributed by atoms with E-state index in [9.17, 15) is 9.50 Å². The van der Waals surface area contributed by atoms with Gasteiger partial charge in [-0.1, -0.05) is 29.8 Å². The highest BCUT2D eigenvalue weighted by Crippen LogP contribution is 2.43. The highest BCUT2D eigenvalue weighted by atomic mass is 19.1. The largest absolute Gasteiger partial charge is 0.380 e. The maximum Gasteiger partial charge on any atom is 0.123 e. The van der Waals surface area contributed by atoms with E-state index in [1.54, 1.807) is 6.07 Å². The average Bonchev–Trinajstić information content (AvgIpc) is 2.71. The van der Waals surface area contributed by atoms with Gasteiger partial charge >= 0.3 is 0 Å². The molecule has 1 nitrogen and oxygen atoms in total. The summed E-state index contributed by atoms with van der Waals surface area (Å²) in [7, 11) is 0. The van der Waals surface area contributed by atoms with E-state index in [2.05, 4.69) is 12.1 Å². The van der Waals surface area contributed by atoms with Crippen molar-refractivity contribution in [3.63, 3.8) is 0 Å². The van der Waals surface area contributed by atoms with Gasteiger partial charge in [0.25, 0.3) is 0 Å². The Morgan fingerprint density at radius 3 is 2.63 bits per heavy atom. The molecule has 3 rings (SSSR count). The normalized spacial score (nSPS) is 21.5. The maximum atomic E-state index is 13.5. The number of aliphatic hydroxyl groups is 1. The summed E-state index contributed by atoms with van der Waals surface area (Å²) in [5.41, 5.74) is 3.79. The van der Waals surface area contributed by atoms with Crippen molar-refractivity contribution < 1.29 is 9.50 Å². The minimum Gasteiger partial charge on any atom is -0.380 e. The van der Waals surface area contributed by atoms with Crippen LogP contribution in [0.25, 0.3) is 0 Å². The zero-order valence-electron chi connectivity index (χ0n) is 11.2. The first-order valence-electron chi connectivity index (χ1n) is 6.60. The molecule has 98 valence electrons. The van der Waals surface area contributed by atoms with Crippen LogP contribution < -0.4 is 0 Å². The topological polar surface area (TPSA) is 20.2 Å². The highest BCUT2D eigenvalue weighted by molar-refractivity contribution is 5.48. The second kappa shape index (κ2) is 4.17. The van der Waals surface area contributed by atoms with Crippen LogP contribution in [0.1, 0.15) is 34.2 Å². The Labute approximate surface area is 112 Å². The molecule has 1 unspecified atom stereocenters. The van der Waals surface area contributed by atoms with Crippen LogP contribution in [-0.4, -0.2) is 5.11 Å². The Kier molecular flexibility index (Phi) is 2.72. The summed E-state index contributed by atoms with van der Waals surface area (Å²) < 4.78 is 13.5. The summed E-state index contributed by atoms with van der Waals surface area (Å²) in [5, 5.41) is 11.1. The fourth-order valence-corrected chi connectivity index (χ4v) is 3.06. The summed E-state index contributed by atoms with van der Waals surface area (Å²) in [6.07, 6.45) is 1.46. The van der Waals surface area contributed by atoms with Crippen LogP contribution in [0.5, 0.6) is 0 Å². The van der Waals surface area contributed by atoms with Crippen molar-refractivity contribution in [3.05, 3.63) is 70.0 Å². The third-order valence-corrected chi connectivity index (χ3v) is 4.11. The monoisotopic (exact) mass is 256 g/mol. The van der Waals surface area contributed by atoms with Gasteiger partial charge in [0.1, 0.15) is 11.4 Å². The summed E-state index contributed by atoms with van der Waals surface area (Å²) in [5.74, 6) is -0.296. The smallest absolute Gasteiger partial charge is 0.123 e. The van der Waals surface area contributed by atoms with Gasteiger partial charge in [-0.2, -0.15) is 0 Å². The van der Waals surface area contributed by atoms with E-state index in [4.69, 9.17) is 0 Å². The molecule has 0 heterocycles. The maximum absolute atomic E-state index is 13.5. The first-order chi connectivity index (χ1) is 9.00. The van der Waals surface area contributed by atoms with Crippen molar-refractivity contribution in [2.24, 2.45) is 0 Å². The molecular formula is C17H17FO. The summed E-state index contributed by atoms with van der Waals surface area (Å²) in [4.78, 5) is 0. The van der Waals surface area contributed by atoms with Gasteiger partial charge in [0.05, 0.1) is 0 Å². The van der Waals surface area contributed by atoms with E-state index in [1.165, 1.54) is 12.1 Å². The standard InChI is InChI=1S/C17H17FO/c1-11-3-5-13-7-8-17(19,16(13)9-11)15-10-14(18)6-4-12(15)2/h3-6,9-10,19H,7-8H2,1-2H3. The molecule has 0 fully saturated rings. The SMILES string of the molecule is Cc1ccc2c(c1)C(O)(c1cc(F)ccc1C)CC2. The van der Waals surface area contributed by atoms with E-state index in [1.807, 2.05) is 19.9 Å². The number of fused-ring (bicyclic) bond motifs is 1. The lowest BCUT2D eigenvalue weighted by Gasteiger charge is -2.27. The highest BCUT2D eigenvalue weighted by Gasteiger charge is 2.39. The van der Waals surface area contributed by atoms with E-state index in [0.717, 1.165) is 28.7 Å². The third-order valence-electron chi connectivity index (χ3n) is 4.11. The Balaban J connectivity index is 2.21. The number of hydrogen-bond donors (Lipinski definition) is 1. The summed E-state index contributed by atoms with van der Waals surface area (Å²) in [6.45, 7) is 3.93. The zero-order chi connectivity index (χ0) is 13.6. The van der Waals surface area contributed by atoms with Crippen LogP contribution in [0.15, 0.2) is 36.4 Å². The average molecular weight is 256 g/mol. The summed E-state index contributed by atoms with van der Waals surface area (Å²) >= 11 is 0. The van der Waals surface area contributed by atoms with Crippen molar-refractivity contribution in [2.45, 2.75) is 32.3 Å². The molecule has 2 aromatic rings. The molecule has 19 heavy (non-hydrogen) atoms. The number of benzene rings is 2. The van der Waals surface area contributed by atoms with Crippen molar-refractivity contribution in [2.75, 3.05) is 0 Å². The Morgan fingerprint density at radius 1 is 1.05 bits per heavy atom. The molecule has 1 aliphatic carbocycles. The molecule has 0 saturated heterocycles. The number of hydrogen-bond acceptors (Lipinski definition) is 1. The Hall–Kier alpha value is -1.67. The number of rotatable bonds is 1. The van der Waals surface area contributed by atoms with Crippen molar-refractivity contribution in [1.82, 2.24) is 0 Å². The lowest BCUT2D eigenvalue weighted by molar-refractivity contribution is 0.0818. The van der Waals surface area contributed by atoms with Crippen molar-refractivity contribution in [1.29, 1.82) is 0 Å². The predicted octanol–water partition coefficient (Wildman–Crippen LogP) is 3.62. The molecule has 1 atom stereocenters. The second-order valence-electron chi connectivity index (χ2n) is 5.48. The molecule has 0 aliphatic heterocycles. The van der Waals surface area contributed by atoms with Crippen LogP contribution >= 0.6 is 0 Å². The van der Waals surface area contributed by atoms with Crippen LogP contribution in [0.4, 0.5) is 4.39 Å². The van der Waals surface area contributed by atoms with Gasteiger partial charge in [-0.25, -0.2) is 4.39 Å². The van der Waals surface area contributed by atoms with Gasteiger partial charge in [0.15, 0.2) is 0 Å². The molecule has 1 N–H and O–H groups in total. The first-order valence-corrected chi connectivity index (χ1v) is 6.60. The molecule has 0 aromatic heterocycles. The van der Waals surface area contributed by atoms with Gasteiger partial charge < -0.3 is 5.11 Å². The molecule has 0 saturated carbocycles. The second-order valence-corrected chi connectivity index (χ2v) is 5.48. The number of halogens is 1. The molecule has 0 radical (unpaired) electrons. The van der Waals surface area contributed by atoms with Crippen LogP contribution in [-0.2, 0) is 12.0 Å². The Morgan fingerprint density at radius 2 is 1.84 bits per heavy atom. The molecule has 0 amide bonds. The van der Waals surface area contributed by atoms with E-state index in [0.29, 0.717) is 12.0 Å². The quantitative estimate of drug-likeness (QED) is 0.826. The molecule has 2 aromatic carbocycles. The van der Waals surface area contributed by atoms with Crippen LogP contribution in [0.3, 0.4) is 0 Å². The number of aryl methyl sites for hydroxylation is 3. The molecule has 2 heteroatoms. The molecule has 0 bridgehead atoms. The van der Waals surface area contributed by atoms with E-state index < -0.39 is 5.60 Å². The lowest BCUT2D eigenvalue weighted by Crippen LogP contribution is -2.25. The summed E-state index contributed by atoms with van der Waals surface area (Å²) in [6, 6.07) is 10.8. The van der Waals surface area contributed by atoms with E-state index in [-0.39, 0.29) is 5.82 Å². The van der Waals surface area contributed by atoms with Gasteiger partial charge in [0.2, 0.25) is 0 Å². The van der Waals surface area contributed by atoms with Gasteiger partial charge in [-0.05, 0) is 61.1 Å². The predicted molar refractivity (Wildman–Crippen MR) is 73.6 cm³/mol. The first kappa shape index (κ1) is 12.4. The molecule has 0 spiro atoms. The minimum atomic E-state index is -1.05. The van der Waals surface area contributed by atoms with Gasteiger partial charge in [0, 0.05) is 0 Å². The zero-order valence-corrected chi connectivity index (χ0v) is 11.2. The van der Waals surface area contributed by atoms with Gasteiger partial charge in [-0.15, -0.1) is 0 Å². The minimum absolute atomic E-state index is 0.296. The van der Waals surface area contributed by atoms with Gasteiger partial charge in [-0.3, -0.25) is 0 Å². The molecular weight excluding hydrogens is 239 g/mol. The van der Waals surface area contributed by atoms with Crippen LogP contribution in [0.2, 0.25) is 0 Å². The van der Waals surface area contributed by atoms with E-state index >= 15 is 0 Å². The fraction of sp³-hybridized carbons (Fsp3) is 0.294. The Bertz CT molecular complexity index is 648. The fourth-order valence-electron chi connectivity index (χ4n) is 3.06. The van der Waals surface area contributed by atoms with Crippen LogP contribution in [0, 0.1) is 19.7 Å². The lowest BCUT2D eigenvalue weighted by atomic mass is 9.84. The van der Waals surface area contributed by atoms with Crippen molar-refractivity contribution in [3.8, 4) is 0 Å².